The monoisotopic (exact) mass is 286 g/mol. The van der Waals surface area contributed by atoms with E-state index in [0.717, 1.165) is 0 Å². The molecule has 1 unspecified atom stereocenters. The van der Waals surface area contributed by atoms with E-state index in [2.05, 4.69) is 10.3 Å². The van der Waals surface area contributed by atoms with E-state index in [9.17, 15) is 4.79 Å². The number of carbonyl (C=O) groups excluding carboxylic acids is 1. The summed E-state index contributed by atoms with van der Waals surface area (Å²) < 4.78 is 10.4. The Labute approximate surface area is 118 Å². The summed E-state index contributed by atoms with van der Waals surface area (Å²) in [6, 6.07) is 0. The summed E-state index contributed by atoms with van der Waals surface area (Å²) in [6.45, 7) is 7.21. The third kappa shape index (κ3) is 4.69. The fraction of sp³-hybridized carbons (Fsp3) is 0.538. The molecule has 1 heterocycles. The van der Waals surface area contributed by atoms with Crippen molar-refractivity contribution in [2.24, 2.45) is 0 Å². The van der Waals surface area contributed by atoms with Crippen LogP contribution in [0.25, 0.3) is 0 Å². The zero-order valence-electron chi connectivity index (χ0n) is 11.8. The van der Waals surface area contributed by atoms with Crippen LogP contribution >= 0.6 is 11.6 Å². The van der Waals surface area contributed by atoms with Gasteiger partial charge < -0.3 is 9.47 Å². The Bertz CT molecular complexity index is 458. The van der Waals surface area contributed by atoms with Crippen molar-refractivity contribution in [3.05, 3.63) is 23.0 Å². The molecule has 1 aromatic heterocycles. The molecule has 19 heavy (non-hydrogen) atoms. The lowest BCUT2D eigenvalue weighted by atomic mass is 10.1. The van der Waals surface area contributed by atoms with Crippen LogP contribution in [0.5, 0.6) is 0 Å². The average molecular weight is 287 g/mol. The van der Waals surface area contributed by atoms with Crippen LogP contribution in [0.1, 0.15) is 39.4 Å². The number of carbonyl (C=O) groups is 1. The molecular weight excluding hydrogens is 268 g/mol. The van der Waals surface area contributed by atoms with E-state index in [0.29, 0.717) is 16.3 Å². The van der Waals surface area contributed by atoms with Crippen molar-refractivity contribution in [2.45, 2.75) is 39.4 Å². The lowest BCUT2D eigenvalue weighted by Gasteiger charge is -2.21. The molecule has 0 saturated carbocycles. The van der Waals surface area contributed by atoms with Crippen molar-refractivity contribution in [1.82, 2.24) is 4.98 Å². The van der Waals surface area contributed by atoms with E-state index in [1.54, 1.807) is 27.9 Å². The smallest absolute Gasteiger partial charge is 0.412 e. The van der Waals surface area contributed by atoms with E-state index in [1.807, 2.05) is 6.92 Å². The van der Waals surface area contributed by atoms with Gasteiger partial charge in [0.05, 0.1) is 23.0 Å². The first kappa shape index (κ1) is 15.7. The Balaban J connectivity index is 2.95. The van der Waals surface area contributed by atoms with E-state index >= 15 is 0 Å². The topological polar surface area (TPSA) is 60.5 Å². The highest BCUT2D eigenvalue weighted by atomic mass is 35.5. The first-order valence-electron chi connectivity index (χ1n) is 5.91. The average Bonchev–Trinajstić information content (AvgIpc) is 2.25. The number of nitrogens with zero attached hydrogens (tertiary/aromatic N) is 1. The zero-order chi connectivity index (χ0) is 14.6. The van der Waals surface area contributed by atoms with Crippen LogP contribution in [-0.2, 0) is 9.47 Å². The molecule has 0 bridgehead atoms. The molecular formula is C13H19ClN2O3. The molecule has 0 radical (unpaired) electrons. The number of halogens is 1. The normalized spacial score (nSPS) is 12.9. The van der Waals surface area contributed by atoms with Gasteiger partial charge in [-0.25, -0.2) is 4.79 Å². The molecule has 106 valence electrons. The third-order valence-corrected chi connectivity index (χ3v) is 2.64. The number of ether oxygens (including phenoxy) is 2. The molecule has 1 N–H and O–H groups in total. The van der Waals surface area contributed by atoms with Crippen molar-refractivity contribution < 1.29 is 14.3 Å². The third-order valence-electron chi connectivity index (χ3n) is 2.33. The van der Waals surface area contributed by atoms with Crippen molar-refractivity contribution in [3.63, 3.8) is 0 Å². The van der Waals surface area contributed by atoms with E-state index in [4.69, 9.17) is 21.1 Å². The van der Waals surface area contributed by atoms with Gasteiger partial charge in [-0.15, -0.1) is 0 Å². The summed E-state index contributed by atoms with van der Waals surface area (Å²) >= 11 is 6.08. The molecule has 6 heteroatoms. The fourth-order valence-corrected chi connectivity index (χ4v) is 1.80. The predicted octanol–water partition coefficient (Wildman–Crippen LogP) is 3.79. The van der Waals surface area contributed by atoms with Crippen LogP contribution in [-0.4, -0.2) is 23.8 Å². The minimum absolute atomic E-state index is 0.263. The zero-order valence-corrected chi connectivity index (χ0v) is 12.5. The van der Waals surface area contributed by atoms with Crippen LogP contribution in [0.4, 0.5) is 10.5 Å². The summed E-state index contributed by atoms with van der Waals surface area (Å²) in [5, 5.41) is 3.07. The van der Waals surface area contributed by atoms with Gasteiger partial charge in [-0.1, -0.05) is 11.6 Å². The Morgan fingerprint density at radius 3 is 2.58 bits per heavy atom. The summed E-state index contributed by atoms with van der Waals surface area (Å²) in [4.78, 5) is 15.7. The maximum absolute atomic E-state index is 11.8. The standard InChI is InChI=1S/C13H19ClN2O3/c1-8(18-5)11-9(14)6-15-7-10(11)16-12(17)19-13(2,3)4/h6-8H,1-5H3,(H,16,17). The highest BCUT2D eigenvalue weighted by molar-refractivity contribution is 6.31. The molecule has 1 rings (SSSR count). The quantitative estimate of drug-likeness (QED) is 0.918. The molecule has 0 spiro atoms. The lowest BCUT2D eigenvalue weighted by molar-refractivity contribution is 0.0635. The fourth-order valence-electron chi connectivity index (χ4n) is 1.49. The lowest BCUT2D eigenvalue weighted by Crippen LogP contribution is -2.27. The molecule has 1 atom stereocenters. The molecule has 0 aliphatic rings. The number of hydrogen-bond donors (Lipinski definition) is 1. The molecule has 1 aromatic rings. The largest absolute Gasteiger partial charge is 0.444 e. The van der Waals surface area contributed by atoms with Crippen molar-refractivity contribution >= 4 is 23.4 Å². The Hall–Kier alpha value is -1.33. The first-order valence-corrected chi connectivity index (χ1v) is 6.28. The number of pyridine rings is 1. The number of rotatable bonds is 3. The van der Waals surface area contributed by atoms with Gasteiger partial charge in [0.1, 0.15) is 5.60 Å². The number of methoxy groups -OCH3 is 1. The molecule has 5 nitrogen and oxygen atoms in total. The van der Waals surface area contributed by atoms with Crippen molar-refractivity contribution in [3.8, 4) is 0 Å². The molecule has 0 aliphatic heterocycles. The van der Waals surface area contributed by atoms with Gasteiger partial charge in [0, 0.05) is 18.9 Å². The first-order chi connectivity index (χ1) is 8.74. The number of aromatic nitrogens is 1. The highest BCUT2D eigenvalue weighted by Gasteiger charge is 2.20. The minimum atomic E-state index is -0.566. The molecule has 0 fully saturated rings. The summed E-state index contributed by atoms with van der Waals surface area (Å²) in [5.74, 6) is 0. The second kappa shape index (κ2) is 6.21. The number of nitrogens with one attached hydrogen (secondary N) is 1. The van der Waals surface area contributed by atoms with Gasteiger partial charge >= 0.3 is 6.09 Å². The second-order valence-corrected chi connectivity index (χ2v) is 5.49. The highest BCUT2D eigenvalue weighted by Crippen LogP contribution is 2.31. The van der Waals surface area contributed by atoms with Crippen LogP contribution < -0.4 is 5.32 Å². The van der Waals surface area contributed by atoms with Crippen molar-refractivity contribution in [2.75, 3.05) is 12.4 Å². The minimum Gasteiger partial charge on any atom is -0.444 e. The summed E-state index contributed by atoms with van der Waals surface area (Å²) in [7, 11) is 1.57. The van der Waals surface area contributed by atoms with Gasteiger partial charge in [-0.2, -0.15) is 0 Å². The number of hydrogen-bond acceptors (Lipinski definition) is 4. The van der Waals surface area contributed by atoms with Crippen LogP contribution in [0.3, 0.4) is 0 Å². The van der Waals surface area contributed by atoms with Gasteiger partial charge in [-0.05, 0) is 27.7 Å². The summed E-state index contributed by atoms with van der Waals surface area (Å²) in [5.41, 5.74) is 0.587. The Morgan fingerprint density at radius 2 is 2.05 bits per heavy atom. The SMILES string of the molecule is COC(C)c1c(Cl)cncc1NC(=O)OC(C)(C)C. The Morgan fingerprint density at radius 1 is 1.42 bits per heavy atom. The van der Waals surface area contributed by atoms with E-state index in [-0.39, 0.29) is 6.10 Å². The molecule has 0 aliphatic carbocycles. The maximum atomic E-state index is 11.8. The summed E-state index contributed by atoms with van der Waals surface area (Å²) in [6.07, 6.45) is 2.20. The number of amides is 1. The van der Waals surface area contributed by atoms with Gasteiger partial charge in [0.15, 0.2) is 0 Å². The van der Waals surface area contributed by atoms with E-state index in [1.165, 1.54) is 12.4 Å². The second-order valence-electron chi connectivity index (χ2n) is 5.09. The van der Waals surface area contributed by atoms with Gasteiger partial charge in [0.25, 0.3) is 0 Å². The van der Waals surface area contributed by atoms with E-state index < -0.39 is 11.7 Å². The van der Waals surface area contributed by atoms with Crippen LogP contribution in [0.2, 0.25) is 5.02 Å². The van der Waals surface area contributed by atoms with Gasteiger partial charge in [0.2, 0.25) is 0 Å². The Kier molecular flexibility index (Phi) is 5.14. The molecule has 0 saturated heterocycles. The van der Waals surface area contributed by atoms with Crippen LogP contribution in [0.15, 0.2) is 12.4 Å². The van der Waals surface area contributed by atoms with Crippen molar-refractivity contribution in [1.29, 1.82) is 0 Å². The maximum Gasteiger partial charge on any atom is 0.412 e. The predicted molar refractivity (Wildman–Crippen MR) is 74.5 cm³/mol. The van der Waals surface area contributed by atoms with Gasteiger partial charge in [-0.3, -0.25) is 10.3 Å². The number of anilines is 1. The molecule has 1 amide bonds. The molecule has 0 aromatic carbocycles. The van der Waals surface area contributed by atoms with Crippen LogP contribution in [0, 0.1) is 0 Å².